The second-order valence-electron chi connectivity index (χ2n) is 5.94. The molecule has 4 N–H and O–H groups in total. The van der Waals surface area contributed by atoms with Gasteiger partial charge in [0.1, 0.15) is 4.90 Å². The monoisotopic (exact) mass is 327 g/mol. The SMILES string of the molecule is Nc1ncc(S(=O)(=O)N[C@@H]2CCC[C@@H]2N2CCC(O)C2)cn1. The van der Waals surface area contributed by atoms with Gasteiger partial charge in [0, 0.05) is 25.2 Å². The lowest BCUT2D eigenvalue weighted by Crippen LogP contribution is -2.48. The highest BCUT2D eigenvalue weighted by Gasteiger charge is 2.37. The summed E-state index contributed by atoms with van der Waals surface area (Å²) in [7, 11) is -3.66. The lowest BCUT2D eigenvalue weighted by Gasteiger charge is -2.29. The van der Waals surface area contributed by atoms with E-state index in [1.807, 2.05) is 0 Å². The highest BCUT2D eigenvalue weighted by atomic mass is 32.2. The van der Waals surface area contributed by atoms with Crippen LogP contribution in [0.5, 0.6) is 0 Å². The average molecular weight is 327 g/mol. The first-order valence-corrected chi connectivity index (χ1v) is 8.96. The maximum atomic E-state index is 12.4. The van der Waals surface area contributed by atoms with E-state index in [9.17, 15) is 13.5 Å². The molecule has 0 amide bonds. The minimum Gasteiger partial charge on any atom is -0.392 e. The fourth-order valence-electron chi connectivity index (χ4n) is 3.32. The third-order valence-corrected chi connectivity index (χ3v) is 5.85. The van der Waals surface area contributed by atoms with Crippen molar-refractivity contribution in [2.24, 2.45) is 0 Å². The Labute approximate surface area is 129 Å². The van der Waals surface area contributed by atoms with Crippen LogP contribution in [0.4, 0.5) is 5.95 Å². The van der Waals surface area contributed by atoms with Gasteiger partial charge in [0.15, 0.2) is 0 Å². The van der Waals surface area contributed by atoms with Crippen molar-refractivity contribution in [3.63, 3.8) is 0 Å². The zero-order chi connectivity index (χ0) is 15.7. The van der Waals surface area contributed by atoms with E-state index in [1.54, 1.807) is 0 Å². The second-order valence-corrected chi connectivity index (χ2v) is 7.65. The molecule has 1 saturated carbocycles. The molecule has 0 radical (unpaired) electrons. The Morgan fingerprint density at radius 1 is 1.27 bits per heavy atom. The number of aromatic nitrogens is 2. The number of anilines is 1. The molecule has 1 saturated heterocycles. The number of rotatable bonds is 4. The minimum atomic E-state index is -3.66. The molecule has 1 unspecified atom stereocenters. The first-order chi connectivity index (χ1) is 10.5. The fourth-order valence-corrected chi connectivity index (χ4v) is 4.51. The number of hydrogen-bond acceptors (Lipinski definition) is 7. The summed E-state index contributed by atoms with van der Waals surface area (Å²) in [6.45, 7) is 1.43. The van der Waals surface area contributed by atoms with Crippen molar-refractivity contribution >= 4 is 16.0 Å². The normalized spacial score (nSPS) is 30.0. The molecule has 1 aliphatic carbocycles. The third kappa shape index (κ3) is 3.22. The van der Waals surface area contributed by atoms with Gasteiger partial charge in [-0.1, -0.05) is 6.42 Å². The van der Waals surface area contributed by atoms with Gasteiger partial charge in [-0.15, -0.1) is 0 Å². The Bertz CT molecular complexity index is 621. The molecule has 2 aliphatic rings. The van der Waals surface area contributed by atoms with Crippen LogP contribution in [0.25, 0.3) is 0 Å². The van der Waals surface area contributed by atoms with Crippen molar-refractivity contribution in [3.8, 4) is 0 Å². The molecule has 1 aromatic rings. The molecule has 3 rings (SSSR count). The Kier molecular flexibility index (Phi) is 4.31. The van der Waals surface area contributed by atoms with Crippen LogP contribution in [0.2, 0.25) is 0 Å². The lowest BCUT2D eigenvalue weighted by molar-refractivity contribution is 0.153. The Morgan fingerprint density at radius 3 is 2.64 bits per heavy atom. The van der Waals surface area contributed by atoms with E-state index in [-0.39, 0.29) is 29.0 Å². The highest BCUT2D eigenvalue weighted by molar-refractivity contribution is 7.89. The molecule has 9 heteroatoms. The molecule has 0 spiro atoms. The van der Waals surface area contributed by atoms with Crippen LogP contribution in [0, 0.1) is 0 Å². The largest absolute Gasteiger partial charge is 0.392 e. The summed E-state index contributed by atoms with van der Waals surface area (Å²) in [5.74, 6) is 0.0451. The zero-order valence-corrected chi connectivity index (χ0v) is 13.0. The summed E-state index contributed by atoms with van der Waals surface area (Å²) >= 11 is 0. The number of nitrogens with one attached hydrogen (secondary N) is 1. The predicted molar refractivity (Wildman–Crippen MR) is 80.4 cm³/mol. The summed E-state index contributed by atoms with van der Waals surface area (Å²) in [5, 5.41) is 9.67. The topological polar surface area (TPSA) is 121 Å². The standard InChI is InChI=1S/C13H21N5O3S/c14-13-15-6-10(7-16-13)22(20,21)17-11-2-1-3-12(11)18-5-4-9(19)8-18/h6-7,9,11-12,17,19H,1-5,8H2,(H2,14,15,16)/t9?,11-,12+/m1/s1. The van der Waals surface area contributed by atoms with Crippen LogP contribution in [-0.4, -0.2) is 59.7 Å². The summed E-state index contributed by atoms with van der Waals surface area (Å²) in [5.41, 5.74) is 5.38. The number of nitrogens with two attached hydrogens (primary N) is 1. The van der Waals surface area contributed by atoms with Crippen LogP contribution >= 0.6 is 0 Å². The number of hydrogen-bond donors (Lipinski definition) is 3. The molecule has 122 valence electrons. The second kappa shape index (κ2) is 6.07. The van der Waals surface area contributed by atoms with Crippen molar-refractivity contribution in [2.45, 2.75) is 48.8 Å². The van der Waals surface area contributed by atoms with Gasteiger partial charge in [-0.3, -0.25) is 4.90 Å². The fraction of sp³-hybridized carbons (Fsp3) is 0.692. The molecule has 1 aromatic heterocycles. The van der Waals surface area contributed by atoms with Gasteiger partial charge in [-0.25, -0.2) is 23.1 Å². The van der Waals surface area contributed by atoms with Crippen LogP contribution in [0.15, 0.2) is 17.3 Å². The highest BCUT2D eigenvalue weighted by Crippen LogP contribution is 2.28. The third-order valence-electron chi connectivity index (χ3n) is 4.41. The summed E-state index contributed by atoms with van der Waals surface area (Å²) < 4.78 is 27.6. The predicted octanol–water partition coefficient (Wildman–Crippen LogP) is -0.675. The first kappa shape index (κ1) is 15.6. The maximum absolute atomic E-state index is 12.4. The van der Waals surface area contributed by atoms with Crippen LogP contribution in [0.1, 0.15) is 25.7 Å². The number of aliphatic hydroxyl groups is 1. The van der Waals surface area contributed by atoms with Crippen molar-refractivity contribution < 1.29 is 13.5 Å². The number of nitrogens with zero attached hydrogens (tertiary/aromatic N) is 3. The van der Waals surface area contributed by atoms with Gasteiger partial charge < -0.3 is 10.8 Å². The molecule has 22 heavy (non-hydrogen) atoms. The average Bonchev–Trinajstić information content (AvgIpc) is 3.07. The van der Waals surface area contributed by atoms with Crippen molar-refractivity contribution in [1.29, 1.82) is 0 Å². The van der Waals surface area contributed by atoms with E-state index in [0.29, 0.717) is 6.54 Å². The summed E-state index contributed by atoms with van der Waals surface area (Å²) in [6, 6.07) is -0.00511. The molecule has 3 atom stereocenters. The van der Waals surface area contributed by atoms with E-state index in [1.165, 1.54) is 12.4 Å². The molecule has 1 aliphatic heterocycles. The number of likely N-dealkylation sites (tertiary alicyclic amines) is 1. The Balaban J connectivity index is 1.72. The van der Waals surface area contributed by atoms with Crippen molar-refractivity contribution in [2.75, 3.05) is 18.8 Å². The molecule has 0 aromatic carbocycles. The van der Waals surface area contributed by atoms with E-state index >= 15 is 0 Å². The van der Waals surface area contributed by atoms with Gasteiger partial charge in [0.2, 0.25) is 16.0 Å². The zero-order valence-electron chi connectivity index (χ0n) is 12.2. The van der Waals surface area contributed by atoms with Crippen molar-refractivity contribution in [3.05, 3.63) is 12.4 Å². The quantitative estimate of drug-likeness (QED) is 0.670. The minimum absolute atomic E-state index is 0.0220. The number of nitrogen functional groups attached to an aromatic ring is 1. The first-order valence-electron chi connectivity index (χ1n) is 7.48. The summed E-state index contributed by atoms with van der Waals surface area (Å²) in [4.78, 5) is 9.67. The van der Waals surface area contributed by atoms with Gasteiger partial charge in [0.25, 0.3) is 0 Å². The van der Waals surface area contributed by atoms with Crippen LogP contribution in [0.3, 0.4) is 0 Å². The number of aliphatic hydroxyl groups excluding tert-OH is 1. The molecule has 8 nitrogen and oxygen atoms in total. The molecule has 2 heterocycles. The summed E-state index contributed by atoms with van der Waals surface area (Å²) in [6.07, 6.45) is 5.60. The van der Waals surface area contributed by atoms with Gasteiger partial charge >= 0.3 is 0 Å². The van der Waals surface area contributed by atoms with Gasteiger partial charge in [-0.2, -0.15) is 0 Å². The number of sulfonamides is 1. The lowest BCUT2D eigenvalue weighted by atomic mass is 10.1. The van der Waals surface area contributed by atoms with Gasteiger partial charge in [-0.05, 0) is 19.3 Å². The molecule has 0 bridgehead atoms. The van der Waals surface area contributed by atoms with Crippen LogP contribution < -0.4 is 10.5 Å². The van der Waals surface area contributed by atoms with E-state index in [4.69, 9.17) is 5.73 Å². The molecular weight excluding hydrogens is 306 g/mol. The molecular formula is C13H21N5O3S. The van der Waals surface area contributed by atoms with Crippen LogP contribution in [-0.2, 0) is 10.0 Å². The smallest absolute Gasteiger partial charge is 0.243 e. The Morgan fingerprint density at radius 2 is 2.00 bits per heavy atom. The van der Waals surface area contributed by atoms with Gasteiger partial charge in [0.05, 0.1) is 18.5 Å². The van der Waals surface area contributed by atoms with Crippen molar-refractivity contribution in [1.82, 2.24) is 19.6 Å². The van der Waals surface area contributed by atoms with E-state index in [0.717, 1.165) is 32.2 Å². The molecule has 2 fully saturated rings. The Hall–Kier alpha value is -1.29. The van der Waals surface area contributed by atoms with E-state index in [2.05, 4.69) is 19.6 Å². The van der Waals surface area contributed by atoms with E-state index < -0.39 is 10.0 Å². The maximum Gasteiger partial charge on any atom is 0.243 e. The number of β-amino-alcohol motifs (C(OH)–C–C–N with tert-alkyl or cyclic N) is 1.